The van der Waals surface area contributed by atoms with Crippen LogP contribution in [0.25, 0.3) is 0 Å². The first-order valence-electron chi connectivity index (χ1n) is 11.2. The molecule has 0 unspecified atom stereocenters. The number of nitrogens with one attached hydrogen (secondary N) is 2. The maximum Gasteiger partial charge on any atom is 0.293 e. The lowest BCUT2D eigenvalue weighted by Crippen LogP contribution is -2.66. The lowest BCUT2D eigenvalue weighted by atomic mass is 9.77. The first-order valence-corrected chi connectivity index (χ1v) is 11.2. The molecule has 8 nitrogen and oxygen atoms in total. The third kappa shape index (κ3) is 4.37. The molecule has 0 radical (unpaired) electrons. The molecule has 3 aliphatic rings. The number of anilines is 2. The number of nitro benzene ring substituents is 1. The van der Waals surface area contributed by atoms with Crippen molar-refractivity contribution >= 4 is 23.0 Å². The van der Waals surface area contributed by atoms with Crippen LogP contribution in [0.3, 0.4) is 0 Å². The Morgan fingerprint density at radius 3 is 2.44 bits per heavy atom. The number of amides is 1. The van der Waals surface area contributed by atoms with E-state index in [0.29, 0.717) is 56.8 Å². The fraction of sp³-hybridized carbons (Fsp3) is 0.682. The third-order valence-corrected chi connectivity index (χ3v) is 6.91. The Balaban J connectivity index is 1.55. The van der Waals surface area contributed by atoms with Crippen LogP contribution in [-0.2, 0) is 4.74 Å². The Bertz CT molecular complexity index is 885. The van der Waals surface area contributed by atoms with Crippen molar-refractivity contribution in [2.75, 3.05) is 43.1 Å². The molecule has 1 aliphatic carbocycles. The van der Waals surface area contributed by atoms with Gasteiger partial charge in [-0.15, -0.1) is 0 Å². The Morgan fingerprint density at radius 2 is 1.94 bits per heavy atom. The van der Waals surface area contributed by atoms with Crippen LogP contribution in [0.2, 0.25) is 0 Å². The van der Waals surface area contributed by atoms with Crippen molar-refractivity contribution in [3.63, 3.8) is 0 Å². The van der Waals surface area contributed by atoms with Crippen LogP contribution in [0, 0.1) is 21.4 Å². The zero-order valence-electron chi connectivity index (χ0n) is 18.5. The molecule has 32 heavy (non-hydrogen) atoms. The number of hydrogen-bond acceptors (Lipinski definition) is 6. The van der Waals surface area contributed by atoms with Gasteiger partial charge < -0.3 is 20.3 Å². The fourth-order valence-corrected chi connectivity index (χ4v) is 5.02. The van der Waals surface area contributed by atoms with Gasteiger partial charge in [0.15, 0.2) is 0 Å². The number of nitro groups is 1. The molecule has 1 spiro atoms. The van der Waals surface area contributed by atoms with E-state index in [4.69, 9.17) is 4.74 Å². The van der Waals surface area contributed by atoms with Gasteiger partial charge in [-0.1, -0.05) is 0 Å². The number of carbonyl (C=O) groups is 1. The van der Waals surface area contributed by atoms with Crippen molar-refractivity contribution in [1.82, 2.24) is 5.32 Å². The average molecular weight is 453 g/mol. The van der Waals surface area contributed by atoms with Gasteiger partial charge >= 0.3 is 0 Å². The molecular weight excluding hydrogens is 422 g/mol. The average Bonchev–Trinajstić information content (AvgIpc) is 2.65. The highest BCUT2D eigenvalue weighted by Gasteiger charge is 2.50. The van der Waals surface area contributed by atoms with Crippen LogP contribution >= 0.6 is 0 Å². The van der Waals surface area contributed by atoms with Gasteiger partial charge in [0.2, 0.25) is 5.92 Å². The normalized spacial score (nSPS) is 24.4. The third-order valence-electron chi connectivity index (χ3n) is 6.91. The van der Waals surface area contributed by atoms with E-state index in [1.54, 1.807) is 6.07 Å². The fourth-order valence-electron chi connectivity index (χ4n) is 5.02. The maximum atomic E-state index is 13.6. The molecule has 2 heterocycles. The number of halogens is 2. The molecule has 3 fully saturated rings. The molecule has 2 saturated heterocycles. The highest BCUT2D eigenvalue weighted by molar-refractivity contribution is 6.02. The first-order chi connectivity index (χ1) is 15.1. The second-order valence-corrected chi connectivity index (χ2v) is 9.50. The van der Waals surface area contributed by atoms with Gasteiger partial charge in [0, 0.05) is 37.7 Å². The van der Waals surface area contributed by atoms with E-state index in [1.807, 2.05) is 6.92 Å². The van der Waals surface area contributed by atoms with Crippen LogP contribution < -0.4 is 15.5 Å². The van der Waals surface area contributed by atoms with E-state index < -0.39 is 22.7 Å². The van der Waals surface area contributed by atoms with Gasteiger partial charge in [-0.2, -0.15) is 0 Å². The number of rotatable bonds is 7. The van der Waals surface area contributed by atoms with Crippen molar-refractivity contribution in [2.24, 2.45) is 11.3 Å². The second kappa shape index (κ2) is 8.46. The summed E-state index contributed by atoms with van der Waals surface area (Å²) in [5.74, 6) is -3.79. The Labute approximate surface area is 185 Å². The predicted octanol–water partition coefficient (Wildman–Crippen LogP) is 3.81. The maximum absolute atomic E-state index is 13.6. The minimum atomic E-state index is -2.72. The van der Waals surface area contributed by atoms with E-state index in [0.717, 1.165) is 20.0 Å². The summed E-state index contributed by atoms with van der Waals surface area (Å²) in [4.78, 5) is 26.4. The second-order valence-electron chi connectivity index (χ2n) is 9.50. The summed E-state index contributed by atoms with van der Waals surface area (Å²) in [6, 6.07) is 2.79. The van der Waals surface area contributed by atoms with Gasteiger partial charge in [-0.25, -0.2) is 8.78 Å². The summed E-state index contributed by atoms with van der Waals surface area (Å²) in [6.45, 7) is 6.13. The summed E-state index contributed by atoms with van der Waals surface area (Å²) >= 11 is 0. The van der Waals surface area contributed by atoms with Gasteiger partial charge in [0.25, 0.3) is 11.6 Å². The minimum Gasteiger partial charge on any atom is -0.380 e. The molecule has 2 aliphatic heterocycles. The van der Waals surface area contributed by atoms with Crippen LogP contribution in [0.5, 0.6) is 0 Å². The number of benzene rings is 1. The molecule has 1 aromatic carbocycles. The van der Waals surface area contributed by atoms with E-state index in [2.05, 4.69) is 15.5 Å². The Morgan fingerprint density at radius 1 is 1.28 bits per heavy atom. The molecule has 0 atom stereocenters. The van der Waals surface area contributed by atoms with Crippen LogP contribution in [-0.4, -0.2) is 55.6 Å². The molecule has 4 rings (SSSR count). The minimum absolute atomic E-state index is 0.109. The largest absolute Gasteiger partial charge is 0.380 e. The molecule has 0 aromatic heterocycles. The lowest BCUT2D eigenvalue weighted by molar-refractivity contribution is -0.384. The number of hydrogen-bond donors (Lipinski definition) is 2. The summed E-state index contributed by atoms with van der Waals surface area (Å²) in [6.07, 6.45) is 1.62. The topological polar surface area (TPSA) is 96.7 Å². The zero-order chi connectivity index (χ0) is 23.1. The highest BCUT2D eigenvalue weighted by atomic mass is 19.3. The molecule has 10 heteroatoms. The van der Waals surface area contributed by atoms with Crippen LogP contribution in [0.1, 0.15) is 49.9 Å². The predicted molar refractivity (Wildman–Crippen MR) is 117 cm³/mol. The lowest BCUT2D eigenvalue weighted by Gasteiger charge is -2.56. The Hall–Kier alpha value is -2.49. The monoisotopic (exact) mass is 452 g/mol. The van der Waals surface area contributed by atoms with E-state index in [1.165, 1.54) is 6.07 Å². The smallest absolute Gasteiger partial charge is 0.293 e. The Kier molecular flexibility index (Phi) is 6.00. The molecule has 1 aromatic rings. The number of alkyl halides is 2. The van der Waals surface area contributed by atoms with Gasteiger partial charge in [-0.3, -0.25) is 14.9 Å². The van der Waals surface area contributed by atoms with E-state index >= 15 is 0 Å². The van der Waals surface area contributed by atoms with E-state index in [9.17, 15) is 23.7 Å². The van der Waals surface area contributed by atoms with Gasteiger partial charge in [-0.05, 0) is 45.6 Å². The van der Waals surface area contributed by atoms with Crippen molar-refractivity contribution < 1.29 is 23.2 Å². The van der Waals surface area contributed by atoms with E-state index in [-0.39, 0.29) is 22.7 Å². The standard InChI is InChI=1S/C22H30F2N4O4/c1-3-25-17-9-18(27-10-22(11-27)12-32-13-22)16(8-19(17)28(30)31)20(29)26-15-6-4-14(5-7-15)21(2,23)24/h8-9,14-15,25H,3-7,10-13H2,1-2H3,(H,26,29). The van der Waals surface area contributed by atoms with Gasteiger partial charge in [0.1, 0.15) is 5.69 Å². The molecule has 0 bridgehead atoms. The summed E-state index contributed by atoms with van der Waals surface area (Å²) in [7, 11) is 0. The molecule has 2 N–H and O–H groups in total. The van der Waals surface area contributed by atoms with Crippen molar-refractivity contribution in [1.29, 1.82) is 0 Å². The number of nitrogens with zero attached hydrogens (tertiary/aromatic N) is 2. The van der Waals surface area contributed by atoms with Gasteiger partial charge in [0.05, 0.1) is 34.8 Å². The summed E-state index contributed by atoms with van der Waals surface area (Å²) in [5, 5.41) is 17.6. The van der Waals surface area contributed by atoms with Crippen molar-refractivity contribution in [3.05, 3.63) is 27.8 Å². The molecule has 1 amide bonds. The summed E-state index contributed by atoms with van der Waals surface area (Å²) < 4.78 is 32.5. The van der Waals surface area contributed by atoms with Crippen LogP contribution in [0.15, 0.2) is 12.1 Å². The zero-order valence-corrected chi connectivity index (χ0v) is 18.5. The van der Waals surface area contributed by atoms with Crippen molar-refractivity contribution in [3.8, 4) is 0 Å². The quantitative estimate of drug-likeness (QED) is 0.482. The molecule has 1 saturated carbocycles. The number of ether oxygens (including phenoxy) is 1. The SMILES string of the molecule is CCNc1cc(N2CC3(COC3)C2)c(C(=O)NC2CCC(C(C)(F)F)CC2)cc1[N+](=O)[O-]. The van der Waals surface area contributed by atoms with Crippen molar-refractivity contribution in [2.45, 2.75) is 51.5 Å². The number of carbonyl (C=O) groups excluding carboxylic acids is 1. The highest BCUT2D eigenvalue weighted by Crippen LogP contribution is 2.44. The summed E-state index contributed by atoms with van der Waals surface area (Å²) in [5.41, 5.74) is 1.22. The molecular formula is C22H30F2N4O4. The molecule has 176 valence electrons. The first kappa shape index (κ1) is 22.7. The van der Waals surface area contributed by atoms with Crippen LogP contribution in [0.4, 0.5) is 25.8 Å².